The molecule has 0 saturated carbocycles. The number of ether oxygens (including phenoxy) is 3. The van der Waals surface area contributed by atoms with Gasteiger partial charge < -0.3 is 14.2 Å². The summed E-state index contributed by atoms with van der Waals surface area (Å²) in [4.78, 5) is 41.9. The Morgan fingerprint density at radius 1 is 0.667 bits per heavy atom. The molecule has 0 unspecified atom stereocenters. The number of carbonyl (C=O) groups excluding carboxylic acids is 2. The van der Waals surface area contributed by atoms with Crippen LogP contribution < -0.4 is 0 Å². The van der Waals surface area contributed by atoms with Gasteiger partial charge in [-0.15, -0.1) is 0 Å². The average Bonchev–Trinajstić information content (AvgIpc) is 2.57. The maximum absolute atomic E-state index is 11.3. The molecule has 0 aliphatic carbocycles. The van der Waals surface area contributed by atoms with Crippen LogP contribution in [0.25, 0.3) is 0 Å². The molecule has 27 heavy (non-hydrogen) atoms. The predicted molar refractivity (Wildman–Crippen MR) is 95.8 cm³/mol. The fraction of sp³-hybridized carbons (Fsp3) is 0.889. The topological polar surface area (TPSA) is 98.8 Å². The third-order valence-corrected chi connectivity index (χ3v) is 3.27. The lowest BCUT2D eigenvalue weighted by Crippen LogP contribution is -2.27. The number of hydrogen-bond acceptors (Lipinski definition) is 9. The Labute approximate surface area is 161 Å². The molecule has 0 amide bonds. The molecular weight excluding hydrogens is 360 g/mol. The van der Waals surface area contributed by atoms with Gasteiger partial charge in [0.1, 0.15) is 24.4 Å². The van der Waals surface area contributed by atoms with E-state index in [1.165, 1.54) is 0 Å². The third kappa shape index (κ3) is 15.2. The second-order valence-electron chi connectivity index (χ2n) is 7.16. The molecule has 0 aromatic heterocycles. The van der Waals surface area contributed by atoms with E-state index in [1.54, 1.807) is 0 Å². The summed E-state index contributed by atoms with van der Waals surface area (Å²) >= 11 is 0. The van der Waals surface area contributed by atoms with Crippen molar-refractivity contribution < 1.29 is 43.3 Å². The van der Waals surface area contributed by atoms with Crippen molar-refractivity contribution in [1.82, 2.24) is 0 Å². The Bertz CT molecular complexity index is 383. The van der Waals surface area contributed by atoms with Crippen LogP contribution in [0.15, 0.2) is 0 Å². The van der Waals surface area contributed by atoms with Crippen LogP contribution in [0, 0.1) is 0 Å². The molecule has 0 aliphatic rings. The lowest BCUT2D eigenvalue weighted by atomic mass is 10.0. The molecular formula is C18H34O9. The van der Waals surface area contributed by atoms with Crippen molar-refractivity contribution in [2.24, 2.45) is 0 Å². The van der Waals surface area contributed by atoms with Gasteiger partial charge in [0.2, 0.25) is 0 Å². The summed E-state index contributed by atoms with van der Waals surface area (Å²) in [6, 6.07) is 0. The first-order chi connectivity index (χ1) is 12.6. The monoisotopic (exact) mass is 394 g/mol. The minimum atomic E-state index is -0.936. The van der Waals surface area contributed by atoms with Crippen molar-refractivity contribution >= 4 is 12.3 Å². The van der Waals surface area contributed by atoms with E-state index in [0.717, 1.165) is 25.7 Å². The summed E-state index contributed by atoms with van der Waals surface area (Å²) in [5, 5.41) is 0. The van der Waals surface area contributed by atoms with Crippen LogP contribution >= 0.6 is 0 Å². The Morgan fingerprint density at radius 2 is 1.04 bits per heavy atom. The van der Waals surface area contributed by atoms with Gasteiger partial charge in [-0.2, -0.15) is 9.78 Å². The predicted octanol–water partition coefficient (Wildman–Crippen LogP) is 4.33. The highest BCUT2D eigenvalue weighted by atomic mass is 17.2. The molecule has 0 atom stereocenters. The molecule has 0 radical (unpaired) electrons. The fourth-order valence-electron chi connectivity index (χ4n) is 2.10. The second kappa shape index (κ2) is 13.6. The first-order valence-electron chi connectivity index (χ1n) is 9.24. The summed E-state index contributed by atoms with van der Waals surface area (Å²) in [5.41, 5.74) is -1.13. The highest BCUT2D eigenvalue weighted by molar-refractivity contribution is 5.59. The minimum Gasteiger partial charge on any atom is -0.430 e. The first-order valence-corrected chi connectivity index (χ1v) is 9.24. The van der Waals surface area contributed by atoms with Crippen LogP contribution in [-0.2, 0) is 33.8 Å². The summed E-state index contributed by atoms with van der Waals surface area (Å²) in [7, 11) is 0. The maximum Gasteiger partial charge on any atom is 0.540 e. The normalized spacial score (nSPS) is 11.8. The third-order valence-electron chi connectivity index (χ3n) is 3.27. The summed E-state index contributed by atoms with van der Waals surface area (Å²) in [5.74, 6) is 0. The fourth-order valence-corrected chi connectivity index (χ4v) is 2.10. The average molecular weight is 394 g/mol. The van der Waals surface area contributed by atoms with E-state index in [0.29, 0.717) is 0 Å². The molecule has 0 fully saturated rings. The van der Waals surface area contributed by atoms with Gasteiger partial charge in [-0.25, -0.2) is 9.59 Å². The van der Waals surface area contributed by atoms with Crippen LogP contribution in [0.5, 0.6) is 0 Å². The molecule has 0 spiro atoms. The molecule has 0 N–H and O–H groups in total. The van der Waals surface area contributed by atoms with Gasteiger partial charge in [0, 0.05) is 0 Å². The van der Waals surface area contributed by atoms with Crippen LogP contribution in [0.3, 0.4) is 0 Å². The van der Waals surface area contributed by atoms with Gasteiger partial charge in [0.15, 0.2) is 0 Å². The molecule has 0 aromatic rings. The van der Waals surface area contributed by atoms with Crippen molar-refractivity contribution in [2.45, 2.75) is 78.4 Å². The van der Waals surface area contributed by atoms with E-state index in [4.69, 9.17) is 24.0 Å². The zero-order valence-corrected chi connectivity index (χ0v) is 17.3. The van der Waals surface area contributed by atoms with Crippen LogP contribution in [0.1, 0.15) is 67.2 Å². The Hall–Kier alpha value is -1.58. The zero-order valence-electron chi connectivity index (χ0n) is 17.3. The van der Waals surface area contributed by atoms with E-state index < -0.39 is 23.5 Å². The lowest BCUT2D eigenvalue weighted by Gasteiger charge is -2.21. The molecule has 9 heteroatoms. The quantitative estimate of drug-likeness (QED) is 0.184. The van der Waals surface area contributed by atoms with Crippen molar-refractivity contribution in [3.05, 3.63) is 0 Å². The smallest absolute Gasteiger partial charge is 0.430 e. The van der Waals surface area contributed by atoms with E-state index in [9.17, 15) is 9.59 Å². The van der Waals surface area contributed by atoms with Gasteiger partial charge in [-0.3, -0.25) is 9.78 Å². The standard InChI is InChI=1S/C18H34O9/c1-7-9-17(3,4)26-24-15(19)22-13-11-21-12-14-23-16(20)25-27-18(5,6)10-8-2/h7-14H2,1-6H3. The lowest BCUT2D eigenvalue weighted by molar-refractivity contribution is -0.319. The van der Waals surface area contributed by atoms with Crippen molar-refractivity contribution in [3.8, 4) is 0 Å². The SMILES string of the molecule is CCCC(C)(C)OOC(=O)OCCOCCOC(=O)OOC(C)(C)CCC. The first kappa shape index (κ1) is 25.4. The van der Waals surface area contributed by atoms with E-state index in [1.807, 2.05) is 41.5 Å². The maximum atomic E-state index is 11.3. The molecule has 0 saturated heterocycles. The van der Waals surface area contributed by atoms with Gasteiger partial charge in [0.05, 0.1) is 13.2 Å². The van der Waals surface area contributed by atoms with E-state index in [2.05, 4.69) is 9.78 Å². The molecule has 0 rings (SSSR count). The van der Waals surface area contributed by atoms with Crippen molar-refractivity contribution in [1.29, 1.82) is 0 Å². The molecule has 0 bridgehead atoms. The van der Waals surface area contributed by atoms with Gasteiger partial charge in [-0.05, 0) is 40.5 Å². The molecule has 160 valence electrons. The largest absolute Gasteiger partial charge is 0.540 e. The number of carbonyl (C=O) groups is 2. The van der Waals surface area contributed by atoms with Gasteiger partial charge in [-0.1, -0.05) is 26.7 Å². The second-order valence-corrected chi connectivity index (χ2v) is 7.16. The van der Waals surface area contributed by atoms with Gasteiger partial charge in [0.25, 0.3) is 0 Å². The van der Waals surface area contributed by atoms with Gasteiger partial charge >= 0.3 is 12.3 Å². The summed E-state index contributed by atoms with van der Waals surface area (Å²) in [6.45, 7) is 11.5. The highest BCUT2D eigenvalue weighted by Crippen LogP contribution is 2.17. The number of rotatable bonds is 14. The van der Waals surface area contributed by atoms with Crippen molar-refractivity contribution in [3.63, 3.8) is 0 Å². The Kier molecular flexibility index (Phi) is 12.8. The highest BCUT2D eigenvalue weighted by Gasteiger charge is 2.22. The van der Waals surface area contributed by atoms with E-state index in [-0.39, 0.29) is 26.4 Å². The summed E-state index contributed by atoms with van der Waals surface area (Å²) < 4.78 is 14.7. The Morgan fingerprint density at radius 3 is 1.37 bits per heavy atom. The van der Waals surface area contributed by atoms with Crippen molar-refractivity contribution in [2.75, 3.05) is 26.4 Å². The van der Waals surface area contributed by atoms with Crippen LogP contribution in [-0.4, -0.2) is 49.9 Å². The summed E-state index contributed by atoms with van der Waals surface area (Å²) in [6.07, 6.45) is 1.42. The molecule has 0 aromatic carbocycles. The molecule has 0 aliphatic heterocycles. The van der Waals surface area contributed by atoms with E-state index >= 15 is 0 Å². The Balaban J connectivity index is 3.61. The number of hydrogen-bond donors (Lipinski definition) is 0. The van der Waals surface area contributed by atoms with Crippen LogP contribution in [0.2, 0.25) is 0 Å². The van der Waals surface area contributed by atoms with Crippen LogP contribution in [0.4, 0.5) is 9.59 Å². The molecule has 0 heterocycles. The molecule has 9 nitrogen and oxygen atoms in total. The minimum absolute atomic E-state index is 0.0187. The zero-order chi connectivity index (χ0) is 20.8.